The molecule has 3 rings (SSSR count). The summed E-state index contributed by atoms with van der Waals surface area (Å²) in [5, 5.41) is 10.0. The SMILES string of the molecule is Cc1noc(-c2c(NC(=O)NCCCl)sc3c2CCOC3)n1. The molecular formula is C13H15ClN4O3S. The Hall–Kier alpha value is -1.64. The number of anilines is 1. The summed E-state index contributed by atoms with van der Waals surface area (Å²) >= 11 is 7.04. The number of carbonyl (C=O) groups is 1. The highest BCUT2D eigenvalue weighted by molar-refractivity contribution is 7.17. The summed E-state index contributed by atoms with van der Waals surface area (Å²) < 4.78 is 10.8. The van der Waals surface area contributed by atoms with Crippen molar-refractivity contribution >= 4 is 34.0 Å². The summed E-state index contributed by atoms with van der Waals surface area (Å²) in [5.74, 6) is 1.34. The maximum atomic E-state index is 11.9. The number of alkyl halides is 1. The molecule has 2 aromatic rings. The van der Waals surface area contributed by atoms with Crippen LogP contribution in [0, 0.1) is 6.92 Å². The maximum absolute atomic E-state index is 11.9. The molecule has 22 heavy (non-hydrogen) atoms. The van der Waals surface area contributed by atoms with Crippen LogP contribution in [-0.2, 0) is 17.8 Å². The van der Waals surface area contributed by atoms with Crippen molar-refractivity contribution in [2.75, 3.05) is 24.3 Å². The Labute approximate surface area is 136 Å². The normalized spacial score (nSPS) is 13.7. The predicted octanol–water partition coefficient (Wildman–Crippen LogP) is 2.54. The van der Waals surface area contributed by atoms with E-state index in [1.165, 1.54) is 11.3 Å². The number of nitrogens with one attached hydrogen (secondary N) is 2. The summed E-state index contributed by atoms with van der Waals surface area (Å²) in [4.78, 5) is 17.3. The van der Waals surface area contributed by atoms with Crippen LogP contribution in [0.15, 0.2) is 4.52 Å². The van der Waals surface area contributed by atoms with Gasteiger partial charge in [0.1, 0.15) is 5.00 Å². The third-order valence-corrected chi connectivity index (χ3v) is 4.48. The molecule has 0 atom stereocenters. The summed E-state index contributed by atoms with van der Waals surface area (Å²) in [7, 11) is 0. The average Bonchev–Trinajstić information content (AvgIpc) is 3.08. The number of hydrogen-bond acceptors (Lipinski definition) is 6. The molecule has 7 nitrogen and oxygen atoms in total. The molecule has 0 aromatic carbocycles. The smallest absolute Gasteiger partial charge is 0.319 e. The summed E-state index contributed by atoms with van der Waals surface area (Å²) in [5.41, 5.74) is 1.90. The number of urea groups is 1. The molecule has 0 unspecified atom stereocenters. The number of hydrogen-bond donors (Lipinski definition) is 2. The lowest BCUT2D eigenvalue weighted by Crippen LogP contribution is -2.30. The van der Waals surface area contributed by atoms with E-state index in [1.807, 2.05) is 0 Å². The summed E-state index contributed by atoms with van der Waals surface area (Å²) in [6, 6.07) is -0.308. The van der Waals surface area contributed by atoms with E-state index in [-0.39, 0.29) is 6.03 Å². The number of amides is 2. The fraction of sp³-hybridized carbons (Fsp3) is 0.462. The first kappa shape index (κ1) is 15.3. The van der Waals surface area contributed by atoms with Crippen LogP contribution in [0.2, 0.25) is 0 Å². The molecule has 0 spiro atoms. The van der Waals surface area contributed by atoms with Gasteiger partial charge in [0.05, 0.1) is 18.8 Å². The van der Waals surface area contributed by atoms with Crippen molar-refractivity contribution in [1.82, 2.24) is 15.5 Å². The molecule has 2 N–H and O–H groups in total. The molecule has 0 aliphatic carbocycles. The first-order valence-electron chi connectivity index (χ1n) is 6.83. The highest BCUT2D eigenvalue weighted by atomic mass is 35.5. The Kier molecular flexibility index (Phi) is 4.60. The number of carbonyl (C=O) groups excluding carboxylic acids is 1. The van der Waals surface area contributed by atoms with Crippen molar-refractivity contribution in [3.63, 3.8) is 0 Å². The molecule has 9 heteroatoms. The quantitative estimate of drug-likeness (QED) is 0.833. The average molecular weight is 343 g/mol. The molecule has 1 aliphatic rings. The van der Waals surface area contributed by atoms with Crippen molar-refractivity contribution in [2.45, 2.75) is 20.0 Å². The fourth-order valence-electron chi connectivity index (χ4n) is 2.25. The number of thiophene rings is 1. The lowest BCUT2D eigenvalue weighted by molar-refractivity contribution is 0.113. The van der Waals surface area contributed by atoms with Crippen molar-refractivity contribution in [2.24, 2.45) is 0 Å². The van der Waals surface area contributed by atoms with Crippen LogP contribution >= 0.6 is 22.9 Å². The lowest BCUT2D eigenvalue weighted by atomic mass is 10.1. The molecule has 0 fully saturated rings. The Bertz CT molecular complexity index is 685. The maximum Gasteiger partial charge on any atom is 0.319 e. The van der Waals surface area contributed by atoms with Crippen LogP contribution in [0.25, 0.3) is 11.5 Å². The minimum absolute atomic E-state index is 0.308. The molecular weight excluding hydrogens is 328 g/mol. The Morgan fingerprint density at radius 3 is 3.09 bits per heavy atom. The van der Waals surface area contributed by atoms with Crippen LogP contribution in [0.4, 0.5) is 9.80 Å². The second-order valence-electron chi connectivity index (χ2n) is 4.73. The molecule has 2 amide bonds. The van der Waals surface area contributed by atoms with Crippen LogP contribution in [0.3, 0.4) is 0 Å². The van der Waals surface area contributed by atoms with Crippen molar-refractivity contribution < 1.29 is 14.1 Å². The number of aryl methyl sites for hydroxylation is 1. The van der Waals surface area contributed by atoms with Gasteiger partial charge in [0, 0.05) is 17.3 Å². The van der Waals surface area contributed by atoms with Crippen molar-refractivity contribution in [3.8, 4) is 11.5 Å². The van der Waals surface area contributed by atoms with E-state index in [9.17, 15) is 4.79 Å². The van der Waals surface area contributed by atoms with Crippen molar-refractivity contribution in [1.29, 1.82) is 0 Å². The third-order valence-electron chi connectivity index (χ3n) is 3.17. The summed E-state index contributed by atoms with van der Waals surface area (Å²) in [6.07, 6.45) is 0.758. The number of aromatic nitrogens is 2. The van der Waals surface area contributed by atoms with Gasteiger partial charge in [0.25, 0.3) is 5.89 Å². The Balaban J connectivity index is 1.94. The number of nitrogens with zero attached hydrogens (tertiary/aromatic N) is 2. The van der Waals surface area contributed by atoms with Gasteiger partial charge in [-0.05, 0) is 18.9 Å². The Morgan fingerprint density at radius 2 is 2.36 bits per heavy atom. The second-order valence-corrected chi connectivity index (χ2v) is 6.21. The highest BCUT2D eigenvalue weighted by Crippen LogP contribution is 2.42. The molecule has 0 saturated carbocycles. The zero-order valence-electron chi connectivity index (χ0n) is 11.9. The zero-order valence-corrected chi connectivity index (χ0v) is 13.5. The monoisotopic (exact) mass is 342 g/mol. The predicted molar refractivity (Wildman–Crippen MR) is 83.4 cm³/mol. The second kappa shape index (κ2) is 6.64. The molecule has 118 valence electrons. The molecule has 0 saturated heterocycles. The molecule has 0 radical (unpaired) electrons. The van der Waals surface area contributed by atoms with Gasteiger partial charge in [0.2, 0.25) is 0 Å². The summed E-state index contributed by atoms with van der Waals surface area (Å²) in [6.45, 7) is 3.33. The minimum Gasteiger partial charge on any atom is -0.376 e. The Morgan fingerprint density at radius 1 is 1.50 bits per heavy atom. The van der Waals surface area contributed by atoms with E-state index < -0.39 is 0 Å². The zero-order chi connectivity index (χ0) is 15.5. The highest BCUT2D eigenvalue weighted by Gasteiger charge is 2.26. The number of halogens is 1. The third kappa shape index (κ3) is 3.08. The van der Waals surface area contributed by atoms with Crippen molar-refractivity contribution in [3.05, 3.63) is 16.3 Å². The van der Waals surface area contributed by atoms with Gasteiger partial charge >= 0.3 is 6.03 Å². The van der Waals surface area contributed by atoms with E-state index in [2.05, 4.69) is 20.8 Å². The number of fused-ring (bicyclic) bond motifs is 1. The van der Waals surface area contributed by atoms with Gasteiger partial charge in [-0.1, -0.05) is 5.16 Å². The molecule has 0 bridgehead atoms. The standard InChI is InChI=1S/C13H15ClN4O3S/c1-7-16-11(21-18-7)10-8-2-5-20-6-9(8)22-12(10)17-13(19)15-4-3-14/h2-6H2,1H3,(H2,15,17,19). The van der Waals surface area contributed by atoms with E-state index in [4.69, 9.17) is 20.9 Å². The molecule has 2 aromatic heterocycles. The van der Waals surface area contributed by atoms with E-state index in [1.54, 1.807) is 6.92 Å². The number of ether oxygens (including phenoxy) is 1. The van der Waals surface area contributed by atoms with E-state index in [0.29, 0.717) is 42.4 Å². The van der Waals surface area contributed by atoms with Crippen LogP contribution in [-0.4, -0.2) is 35.2 Å². The van der Waals surface area contributed by atoms with Crippen LogP contribution < -0.4 is 10.6 Å². The largest absolute Gasteiger partial charge is 0.376 e. The minimum atomic E-state index is -0.308. The first-order valence-corrected chi connectivity index (χ1v) is 8.18. The van der Waals surface area contributed by atoms with E-state index in [0.717, 1.165) is 22.4 Å². The molecule has 1 aliphatic heterocycles. The van der Waals surface area contributed by atoms with Gasteiger partial charge in [-0.2, -0.15) is 4.98 Å². The fourth-order valence-corrected chi connectivity index (χ4v) is 3.52. The van der Waals surface area contributed by atoms with E-state index >= 15 is 0 Å². The number of rotatable bonds is 4. The van der Waals surface area contributed by atoms with Gasteiger partial charge < -0.3 is 14.6 Å². The first-order chi connectivity index (χ1) is 10.7. The lowest BCUT2D eigenvalue weighted by Gasteiger charge is -2.12. The van der Waals surface area contributed by atoms with Gasteiger partial charge in [-0.3, -0.25) is 5.32 Å². The topological polar surface area (TPSA) is 89.3 Å². The molecule has 3 heterocycles. The van der Waals surface area contributed by atoms with Gasteiger partial charge in [0.15, 0.2) is 5.82 Å². The van der Waals surface area contributed by atoms with Gasteiger partial charge in [-0.15, -0.1) is 22.9 Å². The van der Waals surface area contributed by atoms with Crippen LogP contribution in [0.5, 0.6) is 0 Å². The van der Waals surface area contributed by atoms with Gasteiger partial charge in [-0.25, -0.2) is 4.79 Å². The van der Waals surface area contributed by atoms with Crippen LogP contribution in [0.1, 0.15) is 16.3 Å².